The molecule has 1 unspecified atom stereocenters. The van der Waals surface area contributed by atoms with Crippen LogP contribution in [0.4, 0.5) is 0 Å². The van der Waals surface area contributed by atoms with E-state index in [-0.39, 0.29) is 5.12 Å². The van der Waals surface area contributed by atoms with Gasteiger partial charge in [0.2, 0.25) is 0 Å². The van der Waals surface area contributed by atoms with Gasteiger partial charge in [0.25, 0.3) is 0 Å². The predicted octanol–water partition coefficient (Wildman–Crippen LogP) is 3.09. The summed E-state index contributed by atoms with van der Waals surface area (Å²) in [6.45, 7) is 6.09. The molecule has 0 aromatic rings. The first kappa shape index (κ1) is 11.0. The third-order valence-corrected chi connectivity index (χ3v) is 2.54. The van der Waals surface area contributed by atoms with Crippen LogP contribution in [0.1, 0.15) is 40.0 Å². The fourth-order valence-corrected chi connectivity index (χ4v) is 1.85. The van der Waals surface area contributed by atoms with Crippen LogP contribution in [0.3, 0.4) is 0 Å². The van der Waals surface area contributed by atoms with Gasteiger partial charge in [0.1, 0.15) is 0 Å². The molecule has 1 nitrogen and oxygen atoms in total. The van der Waals surface area contributed by atoms with Crippen LogP contribution in [0.5, 0.6) is 0 Å². The van der Waals surface area contributed by atoms with Crippen LogP contribution in [0.15, 0.2) is 0 Å². The van der Waals surface area contributed by atoms with E-state index in [2.05, 4.69) is 13.8 Å². The van der Waals surface area contributed by atoms with Gasteiger partial charge in [-0.3, -0.25) is 4.79 Å². The summed E-state index contributed by atoms with van der Waals surface area (Å²) in [5, 5.41) is 0.244. The summed E-state index contributed by atoms with van der Waals surface area (Å²) in [4.78, 5) is 10.5. The lowest BCUT2D eigenvalue weighted by Crippen LogP contribution is -1.96. The maximum Gasteiger partial charge on any atom is 0.185 e. The summed E-state index contributed by atoms with van der Waals surface area (Å²) in [6, 6.07) is 0. The van der Waals surface area contributed by atoms with E-state index >= 15 is 0 Å². The van der Waals surface area contributed by atoms with Crippen molar-refractivity contribution in [3.63, 3.8) is 0 Å². The quantitative estimate of drug-likeness (QED) is 0.637. The van der Waals surface area contributed by atoms with E-state index in [1.54, 1.807) is 6.92 Å². The molecule has 0 spiro atoms. The third kappa shape index (κ3) is 7.92. The maximum atomic E-state index is 10.5. The first-order valence-corrected chi connectivity index (χ1v) is 5.28. The van der Waals surface area contributed by atoms with Crippen LogP contribution in [-0.4, -0.2) is 10.9 Å². The Morgan fingerprint density at radius 2 is 2.09 bits per heavy atom. The summed E-state index contributed by atoms with van der Waals surface area (Å²) >= 11 is 1.45. The molecule has 0 aliphatic carbocycles. The molecule has 0 heterocycles. The van der Waals surface area contributed by atoms with Gasteiger partial charge in [-0.15, -0.1) is 0 Å². The molecule has 11 heavy (non-hydrogen) atoms. The Morgan fingerprint density at radius 3 is 2.55 bits per heavy atom. The van der Waals surface area contributed by atoms with Crippen LogP contribution < -0.4 is 0 Å². The Morgan fingerprint density at radius 1 is 1.45 bits per heavy atom. The van der Waals surface area contributed by atoms with Gasteiger partial charge in [0.05, 0.1) is 0 Å². The SMILES string of the molecule is CCCC(C)CCSC(C)=O. The minimum Gasteiger partial charge on any atom is -0.288 e. The topological polar surface area (TPSA) is 17.1 Å². The van der Waals surface area contributed by atoms with E-state index in [0.717, 1.165) is 11.7 Å². The molecule has 0 aliphatic rings. The minimum atomic E-state index is 0.244. The average molecular weight is 174 g/mol. The molecule has 0 radical (unpaired) electrons. The Balaban J connectivity index is 3.16. The molecule has 0 saturated heterocycles. The van der Waals surface area contributed by atoms with E-state index in [1.165, 1.54) is 31.0 Å². The highest BCUT2D eigenvalue weighted by Gasteiger charge is 2.01. The van der Waals surface area contributed by atoms with E-state index in [9.17, 15) is 4.79 Å². The normalized spacial score (nSPS) is 13.0. The number of carbonyl (C=O) groups excluding carboxylic acids is 1. The summed E-state index contributed by atoms with van der Waals surface area (Å²) in [7, 11) is 0. The monoisotopic (exact) mass is 174 g/mol. The van der Waals surface area contributed by atoms with Crippen LogP contribution in [0.2, 0.25) is 0 Å². The van der Waals surface area contributed by atoms with E-state index < -0.39 is 0 Å². The Bertz CT molecular complexity index is 112. The van der Waals surface area contributed by atoms with E-state index in [0.29, 0.717) is 0 Å². The predicted molar refractivity (Wildman–Crippen MR) is 51.8 cm³/mol. The molecule has 66 valence electrons. The molecule has 1 atom stereocenters. The molecule has 0 fully saturated rings. The van der Waals surface area contributed by atoms with Gasteiger partial charge in [-0.05, 0) is 12.3 Å². The van der Waals surface area contributed by atoms with Gasteiger partial charge < -0.3 is 0 Å². The van der Waals surface area contributed by atoms with Gasteiger partial charge in [0.15, 0.2) is 5.12 Å². The summed E-state index contributed by atoms with van der Waals surface area (Å²) in [5.74, 6) is 1.78. The summed E-state index contributed by atoms with van der Waals surface area (Å²) < 4.78 is 0. The molecule has 0 amide bonds. The molecule has 0 N–H and O–H groups in total. The van der Waals surface area contributed by atoms with Crippen molar-refractivity contribution < 1.29 is 4.79 Å². The van der Waals surface area contributed by atoms with Crippen molar-refractivity contribution in [3.05, 3.63) is 0 Å². The second-order valence-corrected chi connectivity index (χ2v) is 4.29. The van der Waals surface area contributed by atoms with Crippen molar-refractivity contribution in [2.45, 2.75) is 40.0 Å². The zero-order valence-electron chi connectivity index (χ0n) is 7.72. The molecule has 0 saturated carbocycles. The van der Waals surface area contributed by atoms with Crippen molar-refractivity contribution >= 4 is 16.9 Å². The number of rotatable bonds is 5. The number of carbonyl (C=O) groups is 1. The molecule has 0 rings (SSSR count). The second-order valence-electron chi connectivity index (χ2n) is 3.02. The highest BCUT2D eigenvalue weighted by molar-refractivity contribution is 8.13. The fraction of sp³-hybridized carbons (Fsp3) is 0.889. The molecule has 2 heteroatoms. The summed E-state index contributed by atoms with van der Waals surface area (Å²) in [6.07, 6.45) is 3.72. The van der Waals surface area contributed by atoms with Crippen LogP contribution in [0, 0.1) is 5.92 Å². The lowest BCUT2D eigenvalue weighted by Gasteiger charge is -2.07. The van der Waals surface area contributed by atoms with Gasteiger partial charge in [-0.25, -0.2) is 0 Å². The molecule has 0 aliphatic heterocycles. The third-order valence-electron chi connectivity index (χ3n) is 1.70. The first-order valence-electron chi connectivity index (χ1n) is 4.30. The van der Waals surface area contributed by atoms with Crippen molar-refractivity contribution in [2.75, 3.05) is 5.75 Å². The largest absolute Gasteiger partial charge is 0.288 e. The van der Waals surface area contributed by atoms with E-state index in [1.807, 2.05) is 0 Å². The lowest BCUT2D eigenvalue weighted by atomic mass is 10.0. The van der Waals surface area contributed by atoms with Gasteiger partial charge in [0, 0.05) is 12.7 Å². The molecule has 0 aromatic heterocycles. The van der Waals surface area contributed by atoms with Crippen molar-refractivity contribution in [2.24, 2.45) is 5.92 Å². The molecule has 0 aromatic carbocycles. The van der Waals surface area contributed by atoms with Crippen LogP contribution >= 0.6 is 11.8 Å². The first-order chi connectivity index (χ1) is 5.16. The van der Waals surface area contributed by atoms with E-state index in [4.69, 9.17) is 0 Å². The van der Waals surface area contributed by atoms with Gasteiger partial charge in [-0.2, -0.15) is 0 Å². The van der Waals surface area contributed by atoms with Gasteiger partial charge in [-0.1, -0.05) is 38.5 Å². The second kappa shape index (κ2) is 6.71. The van der Waals surface area contributed by atoms with Gasteiger partial charge >= 0.3 is 0 Å². The van der Waals surface area contributed by atoms with Crippen molar-refractivity contribution in [3.8, 4) is 0 Å². The smallest absolute Gasteiger partial charge is 0.185 e. The van der Waals surface area contributed by atoms with Crippen LogP contribution in [0.25, 0.3) is 0 Å². The lowest BCUT2D eigenvalue weighted by molar-refractivity contribution is -0.109. The average Bonchev–Trinajstić information content (AvgIpc) is 1.87. The highest BCUT2D eigenvalue weighted by atomic mass is 32.2. The standard InChI is InChI=1S/C9H18OS/c1-4-5-8(2)6-7-11-9(3)10/h8H,4-7H2,1-3H3. The fourth-order valence-electron chi connectivity index (χ4n) is 1.04. The number of thioether (sulfide) groups is 1. The van der Waals surface area contributed by atoms with Crippen molar-refractivity contribution in [1.82, 2.24) is 0 Å². The minimum absolute atomic E-state index is 0.244. The number of hydrogen-bond donors (Lipinski definition) is 0. The Kier molecular flexibility index (Phi) is 6.73. The maximum absolute atomic E-state index is 10.5. The van der Waals surface area contributed by atoms with Crippen LogP contribution in [-0.2, 0) is 4.79 Å². The Labute approximate surface area is 73.9 Å². The van der Waals surface area contributed by atoms with Crippen molar-refractivity contribution in [1.29, 1.82) is 0 Å². The molecular formula is C9H18OS. The molecule has 0 bridgehead atoms. The zero-order chi connectivity index (χ0) is 8.69. The number of hydrogen-bond acceptors (Lipinski definition) is 2. The molecular weight excluding hydrogens is 156 g/mol. The zero-order valence-corrected chi connectivity index (χ0v) is 8.54. The summed E-state index contributed by atoms with van der Waals surface area (Å²) in [5.41, 5.74) is 0. The Hall–Kier alpha value is 0.0200. The highest BCUT2D eigenvalue weighted by Crippen LogP contribution is 2.14.